The molecule has 5 nitrogen and oxygen atoms in total. The van der Waals surface area contributed by atoms with E-state index in [0.717, 1.165) is 18.0 Å². The molecular formula is C18H19F3N4O. The molecule has 1 aliphatic rings. The van der Waals surface area contributed by atoms with E-state index in [4.69, 9.17) is 0 Å². The lowest BCUT2D eigenvalue weighted by molar-refractivity contribution is -0.137. The fourth-order valence-corrected chi connectivity index (χ4v) is 3.02. The second-order valence-corrected chi connectivity index (χ2v) is 6.24. The van der Waals surface area contributed by atoms with E-state index in [1.807, 2.05) is 0 Å². The van der Waals surface area contributed by atoms with E-state index in [0.29, 0.717) is 31.5 Å². The van der Waals surface area contributed by atoms with Crippen molar-refractivity contribution < 1.29 is 18.0 Å². The minimum Gasteiger partial charge on any atom is -0.355 e. The van der Waals surface area contributed by atoms with E-state index < -0.39 is 11.7 Å². The van der Waals surface area contributed by atoms with Gasteiger partial charge in [-0.3, -0.25) is 9.78 Å². The van der Waals surface area contributed by atoms with Gasteiger partial charge in [-0.25, -0.2) is 4.98 Å². The van der Waals surface area contributed by atoms with E-state index in [-0.39, 0.29) is 18.4 Å². The molecule has 1 N–H and O–H groups in total. The van der Waals surface area contributed by atoms with Gasteiger partial charge < -0.3 is 10.2 Å². The number of hydrogen-bond donors (Lipinski definition) is 1. The highest BCUT2D eigenvalue weighted by Gasteiger charge is 2.30. The van der Waals surface area contributed by atoms with Crippen LogP contribution in [0.4, 0.5) is 19.0 Å². The van der Waals surface area contributed by atoms with E-state index in [1.54, 1.807) is 24.7 Å². The summed E-state index contributed by atoms with van der Waals surface area (Å²) < 4.78 is 38.2. The molecule has 0 saturated carbocycles. The van der Waals surface area contributed by atoms with Gasteiger partial charge in [0.1, 0.15) is 5.82 Å². The van der Waals surface area contributed by atoms with Crippen molar-refractivity contribution in [2.24, 2.45) is 5.92 Å². The van der Waals surface area contributed by atoms with Gasteiger partial charge in [0.25, 0.3) is 0 Å². The van der Waals surface area contributed by atoms with E-state index >= 15 is 0 Å². The summed E-state index contributed by atoms with van der Waals surface area (Å²) in [5.41, 5.74) is -0.272. The van der Waals surface area contributed by atoms with Gasteiger partial charge in [-0.15, -0.1) is 0 Å². The van der Waals surface area contributed by atoms with Crippen molar-refractivity contribution in [2.75, 3.05) is 18.0 Å². The minimum atomic E-state index is -4.38. The van der Waals surface area contributed by atoms with Crippen molar-refractivity contribution in [1.82, 2.24) is 15.3 Å². The largest absolute Gasteiger partial charge is 0.416 e. The quantitative estimate of drug-likeness (QED) is 0.906. The van der Waals surface area contributed by atoms with Gasteiger partial charge in [0.2, 0.25) is 5.91 Å². The first-order valence-corrected chi connectivity index (χ1v) is 8.38. The van der Waals surface area contributed by atoms with Gasteiger partial charge >= 0.3 is 6.18 Å². The predicted octanol–water partition coefficient (Wildman–Crippen LogP) is 3.03. The Kier molecular flexibility index (Phi) is 5.39. The van der Waals surface area contributed by atoms with Crippen LogP contribution in [0.5, 0.6) is 0 Å². The zero-order valence-electron chi connectivity index (χ0n) is 14.0. The Morgan fingerprint density at radius 2 is 2.00 bits per heavy atom. The first-order chi connectivity index (χ1) is 12.4. The third kappa shape index (κ3) is 4.50. The monoisotopic (exact) mass is 364 g/mol. The molecular weight excluding hydrogens is 345 g/mol. The summed E-state index contributed by atoms with van der Waals surface area (Å²) in [6, 6.07) is 5.01. The molecule has 2 aromatic rings. The van der Waals surface area contributed by atoms with Crippen LogP contribution >= 0.6 is 0 Å². The number of anilines is 1. The smallest absolute Gasteiger partial charge is 0.355 e. The topological polar surface area (TPSA) is 58.1 Å². The van der Waals surface area contributed by atoms with Crippen LogP contribution < -0.4 is 10.2 Å². The number of aromatic nitrogens is 2. The fourth-order valence-electron chi connectivity index (χ4n) is 3.02. The number of rotatable bonds is 4. The first-order valence-electron chi connectivity index (χ1n) is 8.38. The van der Waals surface area contributed by atoms with Gasteiger partial charge in [0, 0.05) is 37.9 Å². The lowest BCUT2D eigenvalue weighted by atomic mass is 9.96. The molecule has 1 aromatic carbocycles. The molecule has 0 atom stereocenters. The summed E-state index contributed by atoms with van der Waals surface area (Å²) in [6.45, 7) is 1.48. The van der Waals surface area contributed by atoms with Crippen molar-refractivity contribution in [3.8, 4) is 0 Å². The van der Waals surface area contributed by atoms with Gasteiger partial charge in [0.15, 0.2) is 0 Å². The lowest BCUT2D eigenvalue weighted by Crippen LogP contribution is -2.40. The number of hydrogen-bond acceptors (Lipinski definition) is 4. The summed E-state index contributed by atoms with van der Waals surface area (Å²) in [6.07, 6.45) is 1.89. The zero-order valence-corrected chi connectivity index (χ0v) is 14.0. The molecule has 1 aliphatic heterocycles. The molecule has 1 saturated heterocycles. The highest BCUT2D eigenvalue weighted by atomic mass is 19.4. The number of amides is 1. The molecule has 0 bridgehead atoms. The summed E-state index contributed by atoms with van der Waals surface area (Å²) in [5.74, 6) is 0.519. The maximum Gasteiger partial charge on any atom is 0.416 e. The van der Waals surface area contributed by atoms with Crippen LogP contribution in [0.15, 0.2) is 42.9 Å². The van der Waals surface area contributed by atoms with E-state index in [1.165, 1.54) is 6.07 Å². The average molecular weight is 364 g/mol. The van der Waals surface area contributed by atoms with E-state index in [2.05, 4.69) is 20.2 Å². The summed E-state index contributed by atoms with van der Waals surface area (Å²) in [7, 11) is 0. The summed E-state index contributed by atoms with van der Waals surface area (Å²) >= 11 is 0. The van der Waals surface area contributed by atoms with Crippen molar-refractivity contribution in [3.63, 3.8) is 0 Å². The standard InChI is InChI=1S/C18H19F3N4O/c19-18(20,21)15-3-1-2-13(10-15)11-24-17(26)14-4-8-25(9-5-14)16-12-22-6-7-23-16/h1-3,6-7,10,12,14H,4-5,8-9,11H2,(H,24,26). The van der Waals surface area contributed by atoms with Crippen LogP contribution in [0, 0.1) is 5.92 Å². The van der Waals surface area contributed by atoms with Crippen molar-refractivity contribution in [1.29, 1.82) is 0 Å². The van der Waals surface area contributed by atoms with Crippen LogP contribution in [-0.2, 0) is 17.5 Å². The molecule has 8 heteroatoms. The van der Waals surface area contributed by atoms with Crippen LogP contribution in [0.3, 0.4) is 0 Å². The van der Waals surface area contributed by atoms with Crippen molar-refractivity contribution >= 4 is 11.7 Å². The molecule has 0 radical (unpaired) electrons. The number of nitrogens with one attached hydrogen (secondary N) is 1. The van der Waals surface area contributed by atoms with Gasteiger partial charge in [-0.05, 0) is 30.5 Å². The Bertz CT molecular complexity index is 744. The van der Waals surface area contributed by atoms with Crippen LogP contribution in [0.25, 0.3) is 0 Å². The highest BCUT2D eigenvalue weighted by molar-refractivity contribution is 5.79. The highest BCUT2D eigenvalue weighted by Crippen LogP contribution is 2.29. The van der Waals surface area contributed by atoms with Gasteiger partial charge in [0.05, 0.1) is 11.8 Å². The van der Waals surface area contributed by atoms with Gasteiger partial charge in [-0.1, -0.05) is 12.1 Å². The molecule has 2 heterocycles. The van der Waals surface area contributed by atoms with Crippen molar-refractivity contribution in [2.45, 2.75) is 25.6 Å². The number of piperidine rings is 1. The molecule has 0 unspecified atom stereocenters. The summed E-state index contributed by atoms with van der Waals surface area (Å²) in [5, 5.41) is 2.75. The molecule has 0 aliphatic carbocycles. The molecule has 26 heavy (non-hydrogen) atoms. The molecule has 3 rings (SSSR count). The number of nitrogens with zero attached hydrogens (tertiary/aromatic N) is 3. The molecule has 1 amide bonds. The Morgan fingerprint density at radius 3 is 2.65 bits per heavy atom. The molecule has 1 aromatic heterocycles. The maximum atomic E-state index is 12.7. The lowest BCUT2D eigenvalue weighted by Gasteiger charge is -2.31. The minimum absolute atomic E-state index is 0.0904. The number of benzene rings is 1. The molecule has 138 valence electrons. The summed E-state index contributed by atoms with van der Waals surface area (Å²) in [4.78, 5) is 22.7. The zero-order chi connectivity index (χ0) is 18.6. The third-order valence-corrected chi connectivity index (χ3v) is 4.46. The first kappa shape index (κ1) is 18.2. The number of halogens is 3. The Hall–Kier alpha value is -2.64. The SMILES string of the molecule is O=C(NCc1cccc(C(F)(F)F)c1)C1CCN(c2cnccn2)CC1. The maximum absolute atomic E-state index is 12.7. The second kappa shape index (κ2) is 7.72. The number of alkyl halides is 3. The Balaban J connectivity index is 1.51. The fraction of sp³-hybridized carbons (Fsp3) is 0.389. The van der Waals surface area contributed by atoms with Crippen LogP contribution in [-0.4, -0.2) is 29.0 Å². The normalized spacial score (nSPS) is 15.7. The molecule has 0 spiro atoms. The second-order valence-electron chi connectivity index (χ2n) is 6.24. The van der Waals surface area contributed by atoms with Crippen LogP contribution in [0.1, 0.15) is 24.0 Å². The number of carbonyl (C=O) groups is 1. The third-order valence-electron chi connectivity index (χ3n) is 4.46. The van der Waals surface area contributed by atoms with Gasteiger partial charge in [-0.2, -0.15) is 13.2 Å². The Labute approximate surface area is 149 Å². The van der Waals surface area contributed by atoms with Crippen molar-refractivity contribution in [3.05, 3.63) is 54.0 Å². The molecule has 1 fully saturated rings. The van der Waals surface area contributed by atoms with Crippen LogP contribution in [0.2, 0.25) is 0 Å². The Morgan fingerprint density at radius 1 is 1.23 bits per heavy atom. The predicted molar refractivity (Wildman–Crippen MR) is 90.3 cm³/mol. The van der Waals surface area contributed by atoms with E-state index in [9.17, 15) is 18.0 Å². The number of carbonyl (C=O) groups excluding carboxylic acids is 1. The average Bonchev–Trinajstić information content (AvgIpc) is 2.66.